The Morgan fingerprint density at radius 1 is 1.37 bits per heavy atom. The smallest absolute Gasteiger partial charge is 0.141 e. The van der Waals surface area contributed by atoms with E-state index < -0.39 is 0 Å². The SMILES string of the molecule is CC(C)N(CCCO)CCC(N)c1ccc(F)cn1. The van der Waals surface area contributed by atoms with Crippen LogP contribution < -0.4 is 5.73 Å². The van der Waals surface area contributed by atoms with E-state index in [1.165, 1.54) is 12.3 Å². The van der Waals surface area contributed by atoms with E-state index in [0.717, 1.165) is 25.9 Å². The average molecular weight is 269 g/mol. The van der Waals surface area contributed by atoms with E-state index in [9.17, 15) is 4.39 Å². The molecule has 1 aromatic heterocycles. The molecule has 0 spiro atoms. The van der Waals surface area contributed by atoms with Gasteiger partial charge in [-0.1, -0.05) is 0 Å². The average Bonchev–Trinajstić information content (AvgIpc) is 2.39. The van der Waals surface area contributed by atoms with Gasteiger partial charge in [-0.2, -0.15) is 0 Å². The Kier molecular flexibility index (Phi) is 6.91. The summed E-state index contributed by atoms with van der Waals surface area (Å²) in [6, 6.07) is 3.25. The molecule has 0 bridgehead atoms. The number of rotatable bonds is 8. The molecule has 4 nitrogen and oxygen atoms in total. The number of aromatic nitrogens is 1. The van der Waals surface area contributed by atoms with Crippen LogP contribution >= 0.6 is 0 Å². The minimum atomic E-state index is -0.345. The monoisotopic (exact) mass is 269 g/mol. The minimum Gasteiger partial charge on any atom is -0.396 e. The predicted molar refractivity (Wildman–Crippen MR) is 74.2 cm³/mol. The second-order valence-electron chi connectivity index (χ2n) is 5.00. The number of aliphatic hydroxyl groups is 1. The molecule has 0 fully saturated rings. The molecule has 0 aromatic carbocycles. The van der Waals surface area contributed by atoms with Gasteiger partial charge < -0.3 is 15.7 Å². The van der Waals surface area contributed by atoms with E-state index in [2.05, 4.69) is 23.7 Å². The number of hydrogen-bond acceptors (Lipinski definition) is 4. The molecule has 19 heavy (non-hydrogen) atoms. The number of halogens is 1. The van der Waals surface area contributed by atoms with E-state index in [0.29, 0.717) is 11.7 Å². The van der Waals surface area contributed by atoms with Crippen LogP contribution in [0.15, 0.2) is 18.3 Å². The third kappa shape index (κ3) is 5.63. The first kappa shape index (κ1) is 16.0. The Morgan fingerprint density at radius 2 is 2.11 bits per heavy atom. The van der Waals surface area contributed by atoms with Gasteiger partial charge in [0.25, 0.3) is 0 Å². The summed E-state index contributed by atoms with van der Waals surface area (Å²) in [6.07, 6.45) is 2.73. The highest BCUT2D eigenvalue weighted by Crippen LogP contribution is 2.13. The fourth-order valence-corrected chi connectivity index (χ4v) is 1.96. The van der Waals surface area contributed by atoms with Crippen molar-refractivity contribution in [3.63, 3.8) is 0 Å². The van der Waals surface area contributed by atoms with Gasteiger partial charge in [-0.3, -0.25) is 4.98 Å². The quantitative estimate of drug-likeness (QED) is 0.754. The summed E-state index contributed by atoms with van der Waals surface area (Å²) in [4.78, 5) is 6.28. The van der Waals surface area contributed by atoms with Crippen molar-refractivity contribution in [3.8, 4) is 0 Å². The zero-order chi connectivity index (χ0) is 14.3. The van der Waals surface area contributed by atoms with Crippen LogP contribution in [0.4, 0.5) is 4.39 Å². The van der Waals surface area contributed by atoms with Gasteiger partial charge >= 0.3 is 0 Å². The van der Waals surface area contributed by atoms with Crippen LogP contribution in [0.1, 0.15) is 38.4 Å². The zero-order valence-corrected chi connectivity index (χ0v) is 11.7. The minimum absolute atomic E-state index is 0.184. The number of nitrogens with zero attached hydrogens (tertiary/aromatic N) is 2. The first-order chi connectivity index (χ1) is 9.04. The highest BCUT2D eigenvalue weighted by atomic mass is 19.1. The van der Waals surface area contributed by atoms with Gasteiger partial charge in [-0.15, -0.1) is 0 Å². The Bertz CT molecular complexity index is 356. The maximum Gasteiger partial charge on any atom is 0.141 e. The highest BCUT2D eigenvalue weighted by molar-refractivity contribution is 5.09. The van der Waals surface area contributed by atoms with Gasteiger partial charge in [-0.05, 0) is 38.8 Å². The van der Waals surface area contributed by atoms with Gasteiger partial charge in [0.05, 0.1) is 11.9 Å². The summed E-state index contributed by atoms with van der Waals surface area (Å²) in [5.74, 6) is -0.345. The van der Waals surface area contributed by atoms with E-state index >= 15 is 0 Å². The lowest BCUT2D eigenvalue weighted by atomic mass is 10.1. The molecule has 1 heterocycles. The molecule has 1 rings (SSSR count). The summed E-state index contributed by atoms with van der Waals surface area (Å²) in [5.41, 5.74) is 6.78. The summed E-state index contributed by atoms with van der Waals surface area (Å²) in [7, 11) is 0. The van der Waals surface area contributed by atoms with E-state index in [4.69, 9.17) is 10.8 Å². The van der Waals surface area contributed by atoms with Crippen LogP contribution in [-0.2, 0) is 0 Å². The third-order valence-corrected chi connectivity index (χ3v) is 3.19. The second-order valence-corrected chi connectivity index (χ2v) is 5.00. The molecule has 1 atom stereocenters. The topological polar surface area (TPSA) is 62.4 Å². The van der Waals surface area contributed by atoms with Crippen molar-refractivity contribution in [2.45, 2.75) is 38.8 Å². The summed E-state index contributed by atoms with van der Waals surface area (Å²) < 4.78 is 12.8. The van der Waals surface area contributed by atoms with Crippen molar-refractivity contribution in [2.24, 2.45) is 5.73 Å². The molecule has 3 N–H and O–H groups in total. The van der Waals surface area contributed by atoms with Crippen molar-refractivity contribution in [2.75, 3.05) is 19.7 Å². The molecule has 5 heteroatoms. The molecule has 1 unspecified atom stereocenters. The molecular weight excluding hydrogens is 245 g/mol. The Morgan fingerprint density at radius 3 is 2.63 bits per heavy atom. The van der Waals surface area contributed by atoms with Crippen LogP contribution in [0.25, 0.3) is 0 Å². The maximum absolute atomic E-state index is 12.8. The molecule has 0 aliphatic rings. The standard InChI is InChI=1S/C14H24FN3O/c1-11(2)18(7-3-9-19)8-6-13(16)14-5-4-12(15)10-17-14/h4-5,10-11,13,19H,3,6-9,16H2,1-2H3. The largest absolute Gasteiger partial charge is 0.396 e. The molecule has 0 saturated heterocycles. The molecule has 0 radical (unpaired) electrons. The number of nitrogens with two attached hydrogens (primary N) is 1. The lowest BCUT2D eigenvalue weighted by molar-refractivity contribution is 0.186. The van der Waals surface area contributed by atoms with Gasteiger partial charge in [0.15, 0.2) is 0 Å². The van der Waals surface area contributed by atoms with Crippen LogP contribution in [0.3, 0.4) is 0 Å². The number of pyridine rings is 1. The predicted octanol–water partition coefficient (Wildman–Crippen LogP) is 1.70. The second kappa shape index (κ2) is 8.19. The molecule has 0 aliphatic heterocycles. The van der Waals surface area contributed by atoms with Crippen molar-refractivity contribution in [3.05, 3.63) is 29.8 Å². The van der Waals surface area contributed by atoms with Crippen molar-refractivity contribution in [1.82, 2.24) is 9.88 Å². The lowest BCUT2D eigenvalue weighted by Gasteiger charge is -2.27. The molecular formula is C14H24FN3O. The van der Waals surface area contributed by atoms with Gasteiger partial charge in [0, 0.05) is 31.8 Å². The Hall–Kier alpha value is -1.04. The summed E-state index contributed by atoms with van der Waals surface area (Å²) in [6.45, 7) is 6.16. The summed E-state index contributed by atoms with van der Waals surface area (Å²) >= 11 is 0. The van der Waals surface area contributed by atoms with Crippen molar-refractivity contribution >= 4 is 0 Å². The fourth-order valence-electron chi connectivity index (χ4n) is 1.96. The fraction of sp³-hybridized carbons (Fsp3) is 0.643. The number of aliphatic hydroxyl groups excluding tert-OH is 1. The third-order valence-electron chi connectivity index (χ3n) is 3.19. The van der Waals surface area contributed by atoms with Crippen molar-refractivity contribution < 1.29 is 9.50 Å². The van der Waals surface area contributed by atoms with Crippen LogP contribution in [0, 0.1) is 5.82 Å². The Balaban J connectivity index is 2.46. The Labute approximate surface area is 114 Å². The number of hydrogen-bond donors (Lipinski definition) is 2. The molecule has 0 aliphatic carbocycles. The molecule has 0 amide bonds. The molecule has 0 saturated carbocycles. The zero-order valence-electron chi connectivity index (χ0n) is 11.7. The first-order valence-electron chi connectivity index (χ1n) is 6.76. The highest BCUT2D eigenvalue weighted by Gasteiger charge is 2.13. The van der Waals surface area contributed by atoms with Crippen LogP contribution in [-0.4, -0.2) is 40.7 Å². The van der Waals surface area contributed by atoms with Crippen LogP contribution in [0.2, 0.25) is 0 Å². The van der Waals surface area contributed by atoms with E-state index in [1.807, 2.05) is 0 Å². The normalized spacial score (nSPS) is 13.2. The first-order valence-corrected chi connectivity index (χ1v) is 6.76. The summed E-state index contributed by atoms with van der Waals surface area (Å²) in [5, 5.41) is 8.88. The lowest BCUT2D eigenvalue weighted by Crippen LogP contribution is -2.34. The van der Waals surface area contributed by atoms with Gasteiger partial charge in [-0.25, -0.2) is 4.39 Å². The van der Waals surface area contributed by atoms with E-state index in [-0.39, 0.29) is 18.5 Å². The maximum atomic E-state index is 12.8. The molecule has 1 aromatic rings. The van der Waals surface area contributed by atoms with Crippen LogP contribution in [0.5, 0.6) is 0 Å². The van der Waals surface area contributed by atoms with Crippen molar-refractivity contribution in [1.29, 1.82) is 0 Å². The van der Waals surface area contributed by atoms with E-state index in [1.54, 1.807) is 6.07 Å². The van der Waals surface area contributed by atoms with Gasteiger partial charge in [0.1, 0.15) is 5.82 Å². The molecule has 108 valence electrons. The van der Waals surface area contributed by atoms with Gasteiger partial charge in [0.2, 0.25) is 0 Å².